The van der Waals surface area contributed by atoms with Crippen LogP contribution in [0.15, 0.2) is 60.7 Å². The van der Waals surface area contributed by atoms with Crippen molar-refractivity contribution >= 4 is 0 Å². The first-order chi connectivity index (χ1) is 14.2. The number of allylic oxidation sites excluding steroid dienone is 6. The summed E-state index contributed by atoms with van der Waals surface area (Å²) in [5, 5.41) is 8.46. The lowest BCUT2D eigenvalue weighted by atomic mass is 9.77. The van der Waals surface area contributed by atoms with Gasteiger partial charge in [0.15, 0.2) is 0 Å². The van der Waals surface area contributed by atoms with Gasteiger partial charge in [-0.05, 0) is 106 Å². The SMILES string of the molecule is N#CC=CC=CCCC1CCC(C=CC2CCC(c3ccc(F)cc3)CC2)CC1. The summed E-state index contributed by atoms with van der Waals surface area (Å²) in [5.41, 5.74) is 1.31. The van der Waals surface area contributed by atoms with Crippen molar-refractivity contribution in [2.24, 2.45) is 17.8 Å². The highest BCUT2D eigenvalue weighted by atomic mass is 19.1. The van der Waals surface area contributed by atoms with Crippen LogP contribution in [0, 0.1) is 34.9 Å². The van der Waals surface area contributed by atoms with Gasteiger partial charge in [0.1, 0.15) is 5.82 Å². The van der Waals surface area contributed by atoms with Crippen molar-refractivity contribution in [2.75, 3.05) is 0 Å². The highest BCUT2D eigenvalue weighted by molar-refractivity contribution is 5.21. The Hall–Kier alpha value is -2.14. The van der Waals surface area contributed by atoms with Crippen LogP contribution in [0.5, 0.6) is 0 Å². The van der Waals surface area contributed by atoms with Crippen LogP contribution in [0.4, 0.5) is 4.39 Å². The largest absolute Gasteiger partial charge is 0.207 e. The predicted molar refractivity (Wildman–Crippen MR) is 119 cm³/mol. The normalized spacial score (nSPS) is 28.3. The number of rotatable bonds is 7. The standard InChI is InChI=1S/C27H34FN/c28-27-19-17-26(18-20-27)25-15-13-24(14-16-25)12-11-23-9-7-22(8-10-23)6-4-2-1-3-5-21-29/h1-3,5,11-12,17-20,22-25H,4,6-10,13-16H2. The molecular weight excluding hydrogens is 357 g/mol. The van der Waals surface area contributed by atoms with E-state index in [1.807, 2.05) is 30.4 Å². The number of nitriles is 1. The molecule has 0 heterocycles. The van der Waals surface area contributed by atoms with Crippen molar-refractivity contribution in [2.45, 2.75) is 70.1 Å². The predicted octanol–water partition coefficient (Wildman–Crippen LogP) is 7.88. The zero-order valence-electron chi connectivity index (χ0n) is 17.5. The smallest absolute Gasteiger partial charge is 0.123 e. The Morgan fingerprint density at radius 3 is 2.10 bits per heavy atom. The maximum atomic E-state index is 13.1. The van der Waals surface area contributed by atoms with Crippen molar-refractivity contribution in [3.05, 3.63) is 72.1 Å². The van der Waals surface area contributed by atoms with Crippen molar-refractivity contribution in [3.63, 3.8) is 0 Å². The zero-order valence-corrected chi connectivity index (χ0v) is 17.5. The molecule has 0 saturated heterocycles. The first-order valence-electron chi connectivity index (χ1n) is 11.4. The van der Waals surface area contributed by atoms with Crippen LogP contribution in [0.25, 0.3) is 0 Å². The molecule has 0 amide bonds. The van der Waals surface area contributed by atoms with Crippen LogP contribution in [0.1, 0.15) is 75.7 Å². The number of hydrogen-bond acceptors (Lipinski definition) is 1. The van der Waals surface area contributed by atoms with Crippen LogP contribution < -0.4 is 0 Å². The fourth-order valence-electron chi connectivity index (χ4n) is 4.97. The zero-order chi connectivity index (χ0) is 20.3. The highest BCUT2D eigenvalue weighted by Crippen LogP contribution is 2.37. The summed E-state index contributed by atoms with van der Waals surface area (Å²) in [5.74, 6) is 2.85. The molecule has 0 aliphatic heterocycles. The van der Waals surface area contributed by atoms with E-state index in [2.05, 4.69) is 18.2 Å². The summed E-state index contributed by atoms with van der Waals surface area (Å²) in [4.78, 5) is 0. The van der Waals surface area contributed by atoms with Crippen LogP contribution in [0.3, 0.4) is 0 Å². The van der Waals surface area contributed by atoms with Gasteiger partial charge in [-0.25, -0.2) is 4.39 Å². The molecule has 0 N–H and O–H groups in total. The first kappa shape index (κ1) is 21.6. The first-order valence-corrected chi connectivity index (χ1v) is 11.4. The van der Waals surface area contributed by atoms with Crippen LogP contribution in [-0.4, -0.2) is 0 Å². The number of hydrogen-bond donors (Lipinski definition) is 0. The third kappa shape index (κ3) is 7.32. The van der Waals surface area contributed by atoms with E-state index in [9.17, 15) is 4.39 Å². The molecule has 0 unspecified atom stereocenters. The van der Waals surface area contributed by atoms with E-state index in [0.29, 0.717) is 5.92 Å². The number of nitrogens with zero attached hydrogens (tertiary/aromatic N) is 1. The third-order valence-corrected chi connectivity index (χ3v) is 6.82. The van der Waals surface area contributed by atoms with E-state index in [4.69, 9.17) is 5.26 Å². The minimum absolute atomic E-state index is 0.135. The molecule has 1 aromatic rings. The van der Waals surface area contributed by atoms with Gasteiger partial charge >= 0.3 is 0 Å². The fraction of sp³-hybridized carbons (Fsp3) is 0.519. The number of benzene rings is 1. The molecular formula is C27H34FN. The molecule has 0 bridgehead atoms. The summed E-state index contributed by atoms with van der Waals surface area (Å²) in [7, 11) is 0. The van der Waals surface area contributed by atoms with Gasteiger partial charge in [-0.1, -0.05) is 42.5 Å². The second-order valence-corrected chi connectivity index (χ2v) is 8.82. The molecule has 29 heavy (non-hydrogen) atoms. The molecule has 2 heteroatoms. The topological polar surface area (TPSA) is 23.8 Å². The lowest BCUT2D eigenvalue weighted by Gasteiger charge is -2.29. The number of halogens is 1. The molecule has 0 atom stereocenters. The quantitative estimate of drug-likeness (QED) is 0.263. The molecule has 1 aromatic carbocycles. The van der Waals surface area contributed by atoms with Gasteiger partial charge in [-0.2, -0.15) is 5.26 Å². The van der Waals surface area contributed by atoms with Gasteiger partial charge in [0.25, 0.3) is 0 Å². The molecule has 1 nitrogen and oxygen atoms in total. The third-order valence-electron chi connectivity index (χ3n) is 6.82. The Balaban J connectivity index is 1.33. The van der Waals surface area contributed by atoms with Crippen molar-refractivity contribution < 1.29 is 4.39 Å². The molecule has 154 valence electrons. The summed E-state index contributed by atoms with van der Waals surface area (Å²) >= 11 is 0. The monoisotopic (exact) mass is 391 g/mol. The maximum absolute atomic E-state index is 13.1. The van der Waals surface area contributed by atoms with Gasteiger partial charge < -0.3 is 0 Å². The molecule has 0 spiro atoms. The Bertz CT molecular complexity index is 721. The average Bonchev–Trinajstić information content (AvgIpc) is 2.76. The van der Waals surface area contributed by atoms with E-state index in [-0.39, 0.29) is 5.82 Å². The Morgan fingerprint density at radius 1 is 0.862 bits per heavy atom. The summed E-state index contributed by atoms with van der Waals surface area (Å²) in [6.07, 6.45) is 25.3. The Kier molecular flexibility index (Phi) is 8.75. The van der Waals surface area contributed by atoms with Gasteiger partial charge in [-0.15, -0.1) is 0 Å². The van der Waals surface area contributed by atoms with Crippen molar-refractivity contribution in [1.82, 2.24) is 0 Å². The molecule has 0 radical (unpaired) electrons. The average molecular weight is 392 g/mol. The van der Waals surface area contributed by atoms with Crippen molar-refractivity contribution in [3.8, 4) is 6.07 Å². The summed E-state index contributed by atoms with van der Waals surface area (Å²) in [6.45, 7) is 0. The molecule has 0 aromatic heterocycles. The van der Waals surface area contributed by atoms with Crippen LogP contribution >= 0.6 is 0 Å². The van der Waals surface area contributed by atoms with E-state index in [0.717, 1.165) is 24.2 Å². The second-order valence-electron chi connectivity index (χ2n) is 8.82. The van der Waals surface area contributed by atoms with Gasteiger partial charge in [0.05, 0.1) is 6.07 Å². The van der Waals surface area contributed by atoms with E-state index >= 15 is 0 Å². The summed E-state index contributed by atoms with van der Waals surface area (Å²) < 4.78 is 13.1. The summed E-state index contributed by atoms with van der Waals surface area (Å²) in [6, 6.07) is 9.13. The Labute approximate surface area is 176 Å². The van der Waals surface area contributed by atoms with Crippen molar-refractivity contribution in [1.29, 1.82) is 5.26 Å². The lowest BCUT2D eigenvalue weighted by molar-refractivity contribution is 0.295. The lowest BCUT2D eigenvalue weighted by Crippen LogP contribution is -2.14. The molecule has 2 saturated carbocycles. The fourth-order valence-corrected chi connectivity index (χ4v) is 4.97. The highest BCUT2D eigenvalue weighted by Gasteiger charge is 2.22. The van der Waals surface area contributed by atoms with Gasteiger partial charge in [-0.3, -0.25) is 0 Å². The van der Waals surface area contributed by atoms with Crippen LogP contribution in [-0.2, 0) is 0 Å². The minimum atomic E-state index is -0.135. The second kappa shape index (κ2) is 11.8. The van der Waals surface area contributed by atoms with E-state index < -0.39 is 0 Å². The molecule has 2 aliphatic rings. The van der Waals surface area contributed by atoms with E-state index in [1.165, 1.54) is 69.4 Å². The molecule has 2 aliphatic carbocycles. The minimum Gasteiger partial charge on any atom is -0.207 e. The van der Waals surface area contributed by atoms with E-state index in [1.54, 1.807) is 12.1 Å². The van der Waals surface area contributed by atoms with Gasteiger partial charge in [0.2, 0.25) is 0 Å². The maximum Gasteiger partial charge on any atom is 0.123 e. The molecule has 3 rings (SSSR count). The Morgan fingerprint density at radius 2 is 1.48 bits per heavy atom. The molecule has 2 fully saturated rings. The van der Waals surface area contributed by atoms with Crippen LogP contribution in [0.2, 0.25) is 0 Å². The van der Waals surface area contributed by atoms with Gasteiger partial charge in [0, 0.05) is 6.08 Å².